The topological polar surface area (TPSA) is 21.9 Å². The molecule has 0 unspecified atom stereocenters. The minimum absolute atomic E-state index is 1.08. The van der Waals surface area contributed by atoms with E-state index < -0.39 is 0 Å². The van der Waals surface area contributed by atoms with Gasteiger partial charge < -0.3 is 5.32 Å². The fraction of sp³-hybridized carbons (Fsp3) is 0.429. The van der Waals surface area contributed by atoms with Crippen LogP contribution in [0.2, 0.25) is 0 Å². The number of allylic oxidation sites excluding steroid dienone is 2. The summed E-state index contributed by atoms with van der Waals surface area (Å²) in [6.07, 6.45) is 3.03. The molecule has 44 valence electrons. The van der Waals surface area contributed by atoms with Gasteiger partial charge in [-0.25, -0.2) is 0 Å². The van der Waals surface area contributed by atoms with E-state index in [0.717, 1.165) is 13.0 Å². The summed E-state index contributed by atoms with van der Waals surface area (Å²) in [6.45, 7) is 6.92. The zero-order chi connectivity index (χ0) is 5.98. The molecule has 0 bridgehead atoms. The maximum Gasteiger partial charge on any atom is 0.0548 e. The average Bonchev–Trinajstić information content (AvgIpc) is 2.53. The van der Waals surface area contributed by atoms with Crippen molar-refractivity contribution < 1.29 is 0 Å². The van der Waals surface area contributed by atoms with Crippen molar-refractivity contribution in [2.24, 2.45) is 0 Å². The molecule has 1 heterocycles. The highest BCUT2D eigenvalue weighted by Gasteiger charge is 2.11. The van der Waals surface area contributed by atoms with Crippen LogP contribution in [0.15, 0.2) is 23.9 Å². The first-order chi connectivity index (χ1) is 3.88. The molecule has 1 saturated heterocycles. The average molecular weight is 109 g/mol. The van der Waals surface area contributed by atoms with Crippen LogP contribution in [0.1, 0.15) is 13.3 Å². The van der Waals surface area contributed by atoms with Gasteiger partial charge in [-0.2, -0.15) is 0 Å². The minimum atomic E-state index is 1.08. The van der Waals surface area contributed by atoms with Crippen molar-refractivity contribution >= 4 is 0 Å². The van der Waals surface area contributed by atoms with Gasteiger partial charge in [0.1, 0.15) is 0 Å². The van der Waals surface area contributed by atoms with E-state index >= 15 is 0 Å². The summed E-state index contributed by atoms with van der Waals surface area (Å²) in [5, 5.41) is 3.14. The highest BCUT2D eigenvalue weighted by molar-refractivity contribution is 5.31. The lowest BCUT2D eigenvalue weighted by Crippen LogP contribution is -1.74. The van der Waals surface area contributed by atoms with Crippen molar-refractivity contribution in [3.63, 3.8) is 0 Å². The molecule has 1 heteroatoms. The molecule has 0 aliphatic carbocycles. The van der Waals surface area contributed by atoms with Gasteiger partial charge >= 0.3 is 0 Å². The van der Waals surface area contributed by atoms with E-state index in [1.165, 1.54) is 11.3 Å². The predicted molar refractivity (Wildman–Crippen MR) is 35.5 cm³/mol. The monoisotopic (exact) mass is 109 g/mol. The van der Waals surface area contributed by atoms with Crippen molar-refractivity contribution in [1.29, 1.82) is 0 Å². The number of rotatable bonds is 2. The Hall–Kier alpha value is -0.720. The van der Waals surface area contributed by atoms with Crippen molar-refractivity contribution in [3.8, 4) is 0 Å². The molecule has 8 heavy (non-hydrogen) atoms. The molecule has 0 aromatic carbocycles. The summed E-state index contributed by atoms with van der Waals surface area (Å²) in [6, 6.07) is 0. The van der Waals surface area contributed by atoms with Crippen LogP contribution in [0, 0.1) is 0 Å². The van der Waals surface area contributed by atoms with Crippen molar-refractivity contribution in [1.82, 2.24) is 5.32 Å². The Labute approximate surface area is 50.1 Å². The molecular formula is C7H11N. The zero-order valence-electron chi connectivity index (χ0n) is 5.20. The Morgan fingerprint density at radius 2 is 2.62 bits per heavy atom. The second-order valence-corrected chi connectivity index (χ2v) is 1.92. The van der Waals surface area contributed by atoms with Gasteiger partial charge in [0.25, 0.3) is 0 Å². The Balaban J connectivity index is 2.61. The summed E-state index contributed by atoms with van der Waals surface area (Å²) in [4.78, 5) is 0. The summed E-state index contributed by atoms with van der Waals surface area (Å²) < 4.78 is 0. The Morgan fingerprint density at radius 3 is 2.75 bits per heavy atom. The molecule has 1 aliphatic heterocycles. The van der Waals surface area contributed by atoms with Crippen LogP contribution in [-0.4, -0.2) is 6.54 Å². The van der Waals surface area contributed by atoms with Crippen LogP contribution in [0.3, 0.4) is 0 Å². The lowest BCUT2D eigenvalue weighted by molar-refractivity contribution is 1.13. The maximum absolute atomic E-state index is 3.70. The molecule has 1 N–H and O–H groups in total. The highest BCUT2D eigenvalue weighted by Crippen LogP contribution is 2.13. The van der Waals surface area contributed by atoms with Gasteiger partial charge in [0.2, 0.25) is 0 Å². The van der Waals surface area contributed by atoms with Crippen molar-refractivity contribution in [3.05, 3.63) is 23.9 Å². The van der Waals surface area contributed by atoms with E-state index in [0.29, 0.717) is 0 Å². The number of hydrogen-bond donors (Lipinski definition) is 1. The first-order valence-corrected chi connectivity index (χ1v) is 2.96. The third-order valence-corrected chi connectivity index (χ3v) is 1.37. The van der Waals surface area contributed by atoms with Gasteiger partial charge in [-0.1, -0.05) is 19.6 Å². The van der Waals surface area contributed by atoms with E-state index in [2.05, 4.69) is 18.8 Å². The van der Waals surface area contributed by atoms with E-state index in [4.69, 9.17) is 0 Å². The van der Waals surface area contributed by atoms with Crippen molar-refractivity contribution in [2.75, 3.05) is 6.54 Å². The summed E-state index contributed by atoms with van der Waals surface area (Å²) in [5.74, 6) is 0. The standard InChI is InChI=1S/C7H11N/c1-3-6(4-2)7-5-8-7/h3,8H,1,4-5H2,2H3/b7-6-. The largest absolute Gasteiger partial charge is 0.381 e. The molecule has 0 amide bonds. The summed E-state index contributed by atoms with van der Waals surface area (Å²) in [7, 11) is 0. The number of nitrogens with one attached hydrogen (secondary N) is 1. The molecule has 0 aromatic rings. The third-order valence-electron chi connectivity index (χ3n) is 1.37. The van der Waals surface area contributed by atoms with E-state index in [1.807, 2.05) is 6.08 Å². The quantitative estimate of drug-likeness (QED) is 0.532. The molecule has 1 nitrogen and oxygen atoms in total. The van der Waals surface area contributed by atoms with Crippen LogP contribution >= 0.6 is 0 Å². The third kappa shape index (κ3) is 0.915. The second kappa shape index (κ2) is 2.03. The highest BCUT2D eigenvalue weighted by atomic mass is 15.0. The van der Waals surface area contributed by atoms with Crippen LogP contribution in [-0.2, 0) is 0 Å². The molecule has 1 fully saturated rings. The van der Waals surface area contributed by atoms with Crippen LogP contribution in [0.5, 0.6) is 0 Å². The van der Waals surface area contributed by atoms with E-state index in [-0.39, 0.29) is 0 Å². The predicted octanol–water partition coefficient (Wildman–Crippen LogP) is 1.44. The van der Waals surface area contributed by atoms with E-state index in [1.54, 1.807) is 0 Å². The molecule has 0 aromatic heterocycles. The van der Waals surface area contributed by atoms with Gasteiger partial charge in [-0.05, 0) is 12.0 Å². The van der Waals surface area contributed by atoms with Gasteiger partial charge in [-0.15, -0.1) is 0 Å². The van der Waals surface area contributed by atoms with Gasteiger partial charge in [-0.3, -0.25) is 0 Å². The van der Waals surface area contributed by atoms with Crippen LogP contribution < -0.4 is 5.32 Å². The smallest absolute Gasteiger partial charge is 0.0548 e. The molecule has 0 atom stereocenters. The fourth-order valence-electron chi connectivity index (χ4n) is 0.752. The molecule has 0 saturated carbocycles. The Morgan fingerprint density at radius 1 is 2.00 bits per heavy atom. The molecular weight excluding hydrogens is 98.1 g/mol. The minimum Gasteiger partial charge on any atom is -0.381 e. The lowest BCUT2D eigenvalue weighted by Gasteiger charge is -1.88. The fourth-order valence-corrected chi connectivity index (χ4v) is 0.752. The summed E-state index contributed by atoms with van der Waals surface area (Å²) in [5.41, 5.74) is 2.74. The lowest BCUT2D eigenvalue weighted by atomic mass is 10.2. The molecule has 1 aliphatic rings. The van der Waals surface area contributed by atoms with Gasteiger partial charge in [0.05, 0.1) is 6.54 Å². The first-order valence-electron chi connectivity index (χ1n) is 2.96. The van der Waals surface area contributed by atoms with Crippen LogP contribution in [0.25, 0.3) is 0 Å². The van der Waals surface area contributed by atoms with E-state index in [9.17, 15) is 0 Å². The van der Waals surface area contributed by atoms with Gasteiger partial charge in [0, 0.05) is 5.70 Å². The normalized spacial score (nSPS) is 21.6. The SMILES string of the molecule is C=C/C(CC)=C1\CN1. The van der Waals surface area contributed by atoms with Crippen molar-refractivity contribution in [2.45, 2.75) is 13.3 Å². The number of hydrogen-bond acceptors (Lipinski definition) is 1. The molecule has 0 radical (unpaired) electrons. The Kier molecular flexibility index (Phi) is 1.38. The first kappa shape index (κ1) is 5.42. The van der Waals surface area contributed by atoms with Gasteiger partial charge in [0.15, 0.2) is 0 Å². The maximum atomic E-state index is 3.70. The second-order valence-electron chi connectivity index (χ2n) is 1.92. The van der Waals surface area contributed by atoms with Crippen LogP contribution in [0.4, 0.5) is 0 Å². The summed E-state index contributed by atoms with van der Waals surface area (Å²) >= 11 is 0. The zero-order valence-corrected chi connectivity index (χ0v) is 5.20. The molecule has 1 rings (SSSR count). The Bertz CT molecular complexity index is 127. The molecule has 0 spiro atoms.